The average molecular weight is 179 g/mol. The Morgan fingerprint density at radius 2 is 1.85 bits per heavy atom. The Morgan fingerprint density at radius 3 is 2.15 bits per heavy atom. The molecule has 3 heteroatoms. The SMILES string of the molecule is NC1(C#CC2(C(=O)O)CCC2)CC1. The number of rotatable bonds is 1. The first kappa shape index (κ1) is 8.58. The van der Waals surface area contributed by atoms with Crippen LogP contribution < -0.4 is 5.73 Å². The summed E-state index contributed by atoms with van der Waals surface area (Å²) in [5.41, 5.74) is 4.66. The van der Waals surface area contributed by atoms with Gasteiger partial charge in [0.2, 0.25) is 0 Å². The Morgan fingerprint density at radius 1 is 1.23 bits per heavy atom. The molecule has 2 saturated carbocycles. The summed E-state index contributed by atoms with van der Waals surface area (Å²) in [5, 5.41) is 8.96. The highest BCUT2D eigenvalue weighted by molar-refractivity contribution is 5.79. The lowest BCUT2D eigenvalue weighted by Crippen LogP contribution is -2.37. The fraction of sp³-hybridized carbons (Fsp3) is 0.700. The van der Waals surface area contributed by atoms with Crippen LogP contribution in [-0.4, -0.2) is 16.6 Å². The fourth-order valence-electron chi connectivity index (χ4n) is 1.43. The summed E-state index contributed by atoms with van der Waals surface area (Å²) in [4.78, 5) is 10.9. The molecule has 0 amide bonds. The predicted molar refractivity (Wildman–Crippen MR) is 47.8 cm³/mol. The van der Waals surface area contributed by atoms with Crippen molar-refractivity contribution in [3.8, 4) is 11.8 Å². The Hall–Kier alpha value is -1.01. The minimum Gasteiger partial charge on any atom is -0.480 e. The molecule has 2 aliphatic carbocycles. The lowest BCUT2D eigenvalue weighted by molar-refractivity contribution is -0.149. The Bertz CT molecular complexity index is 303. The van der Waals surface area contributed by atoms with Crippen LogP contribution in [0.2, 0.25) is 0 Å². The van der Waals surface area contributed by atoms with Crippen LogP contribution in [0.1, 0.15) is 32.1 Å². The third-order valence-electron chi connectivity index (χ3n) is 2.96. The number of hydrogen-bond donors (Lipinski definition) is 2. The highest BCUT2D eigenvalue weighted by atomic mass is 16.4. The quantitative estimate of drug-likeness (QED) is 0.583. The smallest absolute Gasteiger partial charge is 0.321 e. The Kier molecular flexibility index (Phi) is 1.64. The van der Waals surface area contributed by atoms with E-state index in [1.165, 1.54) is 0 Å². The average Bonchev–Trinajstić information content (AvgIpc) is 2.65. The van der Waals surface area contributed by atoms with Crippen molar-refractivity contribution in [3.63, 3.8) is 0 Å². The zero-order valence-electron chi connectivity index (χ0n) is 7.47. The second kappa shape index (κ2) is 2.49. The molecule has 0 aromatic rings. The summed E-state index contributed by atoms with van der Waals surface area (Å²) in [7, 11) is 0. The normalized spacial score (nSPS) is 26.5. The minimum absolute atomic E-state index is 0.349. The molecule has 3 nitrogen and oxygen atoms in total. The van der Waals surface area contributed by atoms with Gasteiger partial charge in [0, 0.05) is 0 Å². The maximum atomic E-state index is 10.9. The monoisotopic (exact) mass is 179 g/mol. The van der Waals surface area contributed by atoms with Gasteiger partial charge in [0.05, 0.1) is 5.54 Å². The molecule has 0 spiro atoms. The highest BCUT2D eigenvalue weighted by Crippen LogP contribution is 2.41. The summed E-state index contributed by atoms with van der Waals surface area (Å²) >= 11 is 0. The van der Waals surface area contributed by atoms with Gasteiger partial charge in [0.15, 0.2) is 0 Å². The molecule has 13 heavy (non-hydrogen) atoms. The van der Waals surface area contributed by atoms with E-state index in [0.717, 1.165) is 19.3 Å². The molecule has 0 aliphatic heterocycles. The van der Waals surface area contributed by atoms with Crippen LogP contribution in [0.15, 0.2) is 0 Å². The van der Waals surface area contributed by atoms with Gasteiger partial charge in [-0.3, -0.25) is 4.79 Å². The Labute approximate surface area is 77.3 Å². The molecule has 2 fully saturated rings. The standard InChI is InChI=1S/C10H13NO2/c11-10(6-7-10)5-4-9(8(12)13)2-1-3-9/h1-3,6-7,11H2,(H,12,13). The topological polar surface area (TPSA) is 63.3 Å². The van der Waals surface area contributed by atoms with E-state index in [9.17, 15) is 4.79 Å². The van der Waals surface area contributed by atoms with E-state index in [1.807, 2.05) is 0 Å². The first-order chi connectivity index (χ1) is 6.06. The van der Waals surface area contributed by atoms with E-state index in [2.05, 4.69) is 11.8 Å². The first-order valence-corrected chi connectivity index (χ1v) is 4.63. The van der Waals surface area contributed by atoms with Gasteiger partial charge < -0.3 is 10.8 Å². The first-order valence-electron chi connectivity index (χ1n) is 4.63. The summed E-state index contributed by atoms with van der Waals surface area (Å²) in [6, 6.07) is 0. The third kappa shape index (κ3) is 1.42. The van der Waals surface area contributed by atoms with Crippen LogP contribution in [0.25, 0.3) is 0 Å². The van der Waals surface area contributed by atoms with E-state index < -0.39 is 11.4 Å². The van der Waals surface area contributed by atoms with Crippen molar-refractivity contribution >= 4 is 5.97 Å². The molecule has 70 valence electrons. The third-order valence-corrected chi connectivity index (χ3v) is 2.96. The molecule has 0 heterocycles. The van der Waals surface area contributed by atoms with E-state index in [4.69, 9.17) is 10.8 Å². The molecular weight excluding hydrogens is 166 g/mol. The lowest BCUT2D eigenvalue weighted by Gasteiger charge is -2.32. The van der Waals surface area contributed by atoms with Gasteiger partial charge in [-0.25, -0.2) is 0 Å². The fourth-order valence-corrected chi connectivity index (χ4v) is 1.43. The molecule has 0 aromatic heterocycles. The van der Waals surface area contributed by atoms with Crippen molar-refractivity contribution in [2.75, 3.05) is 0 Å². The molecule has 0 saturated heterocycles. The van der Waals surface area contributed by atoms with Gasteiger partial charge in [-0.2, -0.15) is 0 Å². The van der Waals surface area contributed by atoms with Gasteiger partial charge in [-0.15, -0.1) is 0 Å². The minimum atomic E-state index is -0.782. The maximum Gasteiger partial charge on any atom is 0.321 e. The molecule has 0 atom stereocenters. The second-order valence-corrected chi connectivity index (χ2v) is 4.15. The largest absolute Gasteiger partial charge is 0.480 e. The molecule has 2 rings (SSSR count). The van der Waals surface area contributed by atoms with Crippen molar-refractivity contribution in [2.24, 2.45) is 11.1 Å². The van der Waals surface area contributed by atoms with Crippen molar-refractivity contribution in [1.82, 2.24) is 0 Å². The van der Waals surface area contributed by atoms with Crippen LogP contribution in [0.5, 0.6) is 0 Å². The van der Waals surface area contributed by atoms with Gasteiger partial charge in [0.1, 0.15) is 5.41 Å². The summed E-state index contributed by atoms with van der Waals surface area (Å²) in [5.74, 6) is 4.98. The Balaban J connectivity index is 2.12. The maximum absolute atomic E-state index is 10.9. The molecule has 2 aliphatic rings. The summed E-state index contributed by atoms with van der Waals surface area (Å²) in [6.45, 7) is 0. The molecule has 0 radical (unpaired) electrons. The van der Waals surface area contributed by atoms with Crippen molar-refractivity contribution in [2.45, 2.75) is 37.6 Å². The highest BCUT2D eigenvalue weighted by Gasteiger charge is 2.44. The zero-order chi connectivity index (χ0) is 9.53. The van der Waals surface area contributed by atoms with Crippen LogP contribution in [0, 0.1) is 17.3 Å². The molecule has 0 bridgehead atoms. The van der Waals surface area contributed by atoms with Gasteiger partial charge >= 0.3 is 5.97 Å². The van der Waals surface area contributed by atoms with E-state index in [-0.39, 0.29) is 5.54 Å². The van der Waals surface area contributed by atoms with Crippen LogP contribution in [0.4, 0.5) is 0 Å². The molecule has 0 unspecified atom stereocenters. The molecule has 0 aromatic carbocycles. The second-order valence-electron chi connectivity index (χ2n) is 4.15. The number of hydrogen-bond acceptors (Lipinski definition) is 2. The van der Waals surface area contributed by atoms with Gasteiger partial charge in [0.25, 0.3) is 0 Å². The summed E-state index contributed by atoms with van der Waals surface area (Å²) in [6.07, 6.45) is 4.17. The van der Waals surface area contributed by atoms with Crippen LogP contribution in [0.3, 0.4) is 0 Å². The number of nitrogens with two attached hydrogens (primary N) is 1. The van der Waals surface area contributed by atoms with Crippen LogP contribution >= 0.6 is 0 Å². The van der Waals surface area contributed by atoms with Crippen molar-refractivity contribution in [3.05, 3.63) is 0 Å². The van der Waals surface area contributed by atoms with Crippen molar-refractivity contribution in [1.29, 1.82) is 0 Å². The van der Waals surface area contributed by atoms with E-state index in [0.29, 0.717) is 12.8 Å². The number of carboxylic acid groups (broad SMARTS) is 1. The predicted octanol–water partition coefficient (Wildman–Crippen LogP) is 0.736. The number of aliphatic carboxylic acids is 1. The molecule has 3 N–H and O–H groups in total. The van der Waals surface area contributed by atoms with Gasteiger partial charge in [-0.1, -0.05) is 11.8 Å². The zero-order valence-corrected chi connectivity index (χ0v) is 7.47. The van der Waals surface area contributed by atoms with E-state index in [1.54, 1.807) is 0 Å². The number of carboxylic acids is 1. The van der Waals surface area contributed by atoms with E-state index >= 15 is 0 Å². The molecular formula is C10H13NO2. The van der Waals surface area contributed by atoms with Crippen LogP contribution in [-0.2, 0) is 4.79 Å². The number of carbonyl (C=O) groups is 1. The van der Waals surface area contributed by atoms with Gasteiger partial charge in [-0.05, 0) is 32.1 Å². The summed E-state index contributed by atoms with van der Waals surface area (Å²) < 4.78 is 0. The lowest BCUT2D eigenvalue weighted by atomic mass is 9.69. The van der Waals surface area contributed by atoms with Crippen molar-refractivity contribution < 1.29 is 9.90 Å².